The van der Waals surface area contributed by atoms with E-state index in [2.05, 4.69) is 4.98 Å². The second kappa shape index (κ2) is 6.41. The highest BCUT2D eigenvalue weighted by Crippen LogP contribution is 2.16. The van der Waals surface area contributed by atoms with Crippen molar-refractivity contribution >= 4 is 21.1 Å². The summed E-state index contributed by atoms with van der Waals surface area (Å²) in [5.41, 5.74) is 0.587. The first-order valence-electron chi connectivity index (χ1n) is 6.83. The number of sulfonamides is 1. The number of hydrogen-bond donors (Lipinski definition) is 2. The molecule has 23 heavy (non-hydrogen) atoms. The topological polar surface area (TPSA) is 115 Å². The van der Waals surface area contributed by atoms with Gasteiger partial charge in [0, 0.05) is 12.5 Å². The molecule has 0 amide bonds. The van der Waals surface area contributed by atoms with Gasteiger partial charge in [-0.3, -0.25) is 9.82 Å². The Balaban J connectivity index is 1.58. The van der Waals surface area contributed by atoms with Crippen LogP contribution in [0.15, 0.2) is 55.1 Å². The third-order valence-electron chi connectivity index (χ3n) is 3.12. The van der Waals surface area contributed by atoms with E-state index in [-0.39, 0.29) is 17.1 Å². The number of nitrogens with one attached hydrogen (secondary N) is 2. The van der Waals surface area contributed by atoms with Gasteiger partial charge in [-0.25, -0.2) is 13.2 Å². The molecule has 2 N–H and O–H groups in total. The fourth-order valence-electron chi connectivity index (χ4n) is 2.03. The lowest BCUT2D eigenvalue weighted by Crippen LogP contribution is -2.24. The minimum atomic E-state index is -3.85. The van der Waals surface area contributed by atoms with Crippen molar-refractivity contribution in [3.8, 4) is 0 Å². The molecule has 0 fully saturated rings. The van der Waals surface area contributed by atoms with E-state index in [1.54, 1.807) is 12.3 Å². The molecular formula is C14H14N2O6S. The largest absolute Gasteiger partial charge is 0.469 e. The number of aromatic amines is 1. The van der Waals surface area contributed by atoms with Crippen molar-refractivity contribution in [2.24, 2.45) is 0 Å². The third-order valence-corrected chi connectivity index (χ3v) is 4.33. The summed E-state index contributed by atoms with van der Waals surface area (Å²) in [5.74, 6) is 0.168. The number of aromatic nitrogens is 1. The maximum atomic E-state index is 12.1. The van der Waals surface area contributed by atoms with E-state index in [1.165, 1.54) is 18.2 Å². The number of rotatable bonds is 7. The molecule has 0 aliphatic heterocycles. The van der Waals surface area contributed by atoms with Crippen LogP contribution >= 0.6 is 0 Å². The van der Waals surface area contributed by atoms with Gasteiger partial charge in [-0.15, -0.1) is 0 Å². The maximum Gasteiger partial charge on any atom is 0.417 e. The first-order chi connectivity index (χ1) is 11.0. The van der Waals surface area contributed by atoms with Crippen LogP contribution in [-0.2, 0) is 21.3 Å². The van der Waals surface area contributed by atoms with Gasteiger partial charge in [-0.1, -0.05) is 4.89 Å². The number of furan rings is 1. The quantitative estimate of drug-likeness (QED) is 0.499. The number of fused-ring (bicyclic) bond motifs is 1. The van der Waals surface area contributed by atoms with E-state index in [0.29, 0.717) is 18.4 Å². The molecule has 3 aromatic rings. The number of hydrogen-bond acceptors (Lipinski definition) is 6. The zero-order chi connectivity index (χ0) is 16.3. The molecule has 0 spiro atoms. The average molecular weight is 338 g/mol. The van der Waals surface area contributed by atoms with Crippen LogP contribution in [0.1, 0.15) is 12.2 Å². The Bertz CT molecular complexity index is 939. The fourth-order valence-corrected chi connectivity index (χ4v) is 2.88. The second-order valence-electron chi connectivity index (χ2n) is 4.79. The second-order valence-corrected chi connectivity index (χ2v) is 6.44. The number of oxazole rings is 1. The van der Waals surface area contributed by atoms with Crippen molar-refractivity contribution in [2.45, 2.75) is 17.7 Å². The smallest absolute Gasteiger partial charge is 0.417 e. The van der Waals surface area contributed by atoms with Crippen LogP contribution in [0, 0.1) is 0 Å². The number of benzene rings is 1. The highest BCUT2D eigenvalue weighted by atomic mass is 32.2. The number of aryl methyl sites for hydroxylation is 1. The normalized spacial score (nSPS) is 12.0. The zero-order valence-electron chi connectivity index (χ0n) is 11.9. The third kappa shape index (κ3) is 3.70. The lowest BCUT2D eigenvalue weighted by molar-refractivity contribution is 0.0905. The van der Waals surface area contributed by atoms with Crippen LogP contribution in [0.25, 0.3) is 11.1 Å². The van der Waals surface area contributed by atoms with E-state index in [4.69, 9.17) is 13.7 Å². The minimum absolute atomic E-state index is 0.0567. The molecule has 0 saturated carbocycles. The molecule has 122 valence electrons. The maximum absolute atomic E-state index is 12.1. The summed E-state index contributed by atoms with van der Waals surface area (Å²) in [6.07, 6.45) is 2.82. The predicted molar refractivity (Wildman–Crippen MR) is 80.1 cm³/mol. The standard InChI is InChI=1S/C14H14N2O6S/c17-14-15-12-6-5-11(9-13(12)22-14)23(18,19)16-21-8-2-4-10-3-1-7-20-10/h1,3,5-7,9,16H,2,4,8H2,(H,15,17). The lowest BCUT2D eigenvalue weighted by atomic mass is 10.3. The average Bonchev–Trinajstić information content (AvgIpc) is 3.13. The first kappa shape index (κ1) is 15.5. The molecule has 0 saturated heterocycles. The van der Waals surface area contributed by atoms with Gasteiger partial charge in [0.25, 0.3) is 10.0 Å². The van der Waals surface area contributed by atoms with Crippen molar-refractivity contribution in [1.29, 1.82) is 0 Å². The molecule has 0 aliphatic carbocycles. The Morgan fingerprint density at radius 3 is 2.91 bits per heavy atom. The van der Waals surface area contributed by atoms with Gasteiger partial charge in [0.15, 0.2) is 5.58 Å². The van der Waals surface area contributed by atoms with Gasteiger partial charge >= 0.3 is 5.76 Å². The van der Waals surface area contributed by atoms with Crippen LogP contribution in [0.2, 0.25) is 0 Å². The van der Waals surface area contributed by atoms with Crippen LogP contribution in [0.5, 0.6) is 0 Å². The van der Waals surface area contributed by atoms with Crippen molar-refractivity contribution in [3.05, 3.63) is 52.9 Å². The van der Waals surface area contributed by atoms with Crippen molar-refractivity contribution < 1.29 is 22.1 Å². The van der Waals surface area contributed by atoms with E-state index in [1.807, 2.05) is 11.0 Å². The van der Waals surface area contributed by atoms with Crippen molar-refractivity contribution in [3.63, 3.8) is 0 Å². The highest BCUT2D eigenvalue weighted by molar-refractivity contribution is 7.89. The van der Waals surface area contributed by atoms with Crippen molar-refractivity contribution in [1.82, 2.24) is 9.87 Å². The van der Waals surface area contributed by atoms with Gasteiger partial charge in [0.2, 0.25) is 0 Å². The van der Waals surface area contributed by atoms with Crippen LogP contribution in [0.4, 0.5) is 0 Å². The molecule has 2 heterocycles. The highest BCUT2D eigenvalue weighted by Gasteiger charge is 2.16. The van der Waals surface area contributed by atoms with Gasteiger partial charge in [-0.05, 0) is 30.7 Å². The van der Waals surface area contributed by atoms with Crippen molar-refractivity contribution in [2.75, 3.05) is 6.61 Å². The van der Waals surface area contributed by atoms with Crippen LogP contribution in [-0.4, -0.2) is 20.0 Å². The predicted octanol–water partition coefficient (Wildman–Crippen LogP) is 1.56. The molecule has 2 aromatic heterocycles. The molecular weight excluding hydrogens is 324 g/mol. The summed E-state index contributed by atoms with van der Waals surface area (Å²) in [5, 5.41) is 0. The molecule has 0 atom stereocenters. The van der Waals surface area contributed by atoms with E-state index in [9.17, 15) is 13.2 Å². The summed E-state index contributed by atoms with van der Waals surface area (Å²) in [7, 11) is -3.85. The molecule has 0 aliphatic rings. The number of H-pyrrole nitrogens is 1. The molecule has 9 heteroatoms. The van der Waals surface area contributed by atoms with E-state index >= 15 is 0 Å². The minimum Gasteiger partial charge on any atom is -0.469 e. The van der Waals surface area contributed by atoms with E-state index < -0.39 is 15.8 Å². The summed E-state index contributed by atoms with van der Waals surface area (Å²) < 4.78 is 34.2. The Morgan fingerprint density at radius 1 is 1.26 bits per heavy atom. The SMILES string of the molecule is O=c1[nH]c2ccc(S(=O)(=O)NOCCCc3ccco3)cc2o1. The molecule has 3 rings (SSSR count). The van der Waals surface area contributed by atoms with Gasteiger partial charge < -0.3 is 8.83 Å². The summed E-state index contributed by atoms with van der Waals surface area (Å²) in [6.45, 7) is 0.196. The molecule has 8 nitrogen and oxygen atoms in total. The fraction of sp³-hybridized carbons (Fsp3) is 0.214. The molecule has 0 radical (unpaired) electrons. The monoisotopic (exact) mass is 338 g/mol. The molecule has 0 unspecified atom stereocenters. The molecule has 1 aromatic carbocycles. The van der Waals surface area contributed by atoms with Gasteiger partial charge in [0.1, 0.15) is 5.76 Å². The lowest BCUT2D eigenvalue weighted by Gasteiger charge is -2.06. The Hall–Kier alpha value is -2.36. The summed E-state index contributed by atoms with van der Waals surface area (Å²) in [6, 6.07) is 7.67. The summed E-state index contributed by atoms with van der Waals surface area (Å²) >= 11 is 0. The van der Waals surface area contributed by atoms with Crippen LogP contribution in [0.3, 0.4) is 0 Å². The molecule has 0 bridgehead atoms. The Labute approximate surface area is 131 Å². The zero-order valence-corrected chi connectivity index (χ0v) is 12.8. The van der Waals surface area contributed by atoms with Gasteiger partial charge in [-0.2, -0.15) is 0 Å². The summed E-state index contributed by atoms with van der Waals surface area (Å²) in [4.78, 5) is 20.5. The van der Waals surface area contributed by atoms with E-state index in [0.717, 1.165) is 5.76 Å². The van der Waals surface area contributed by atoms with Crippen LogP contribution < -0.4 is 10.6 Å². The first-order valence-corrected chi connectivity index (χ1v) is 8.32. The Kier molecular flexibility index (Phi) is 4.33. The van der Waals surface area contributed by atoms with Gasteiger partial charge in [0.05, 0.1) is 23.3 Å². The Morgan fingerprint density at radius 2 is 2.13 bits per heavy atom.